The first-order chi connectivity index (χ1) is 12.8. The number of rotatable bonds is 6. The van der Waals surface area contributed by atoms with Gasteiger partial charge < -0.3 is 10.6 Å². The van der Waals surface area contributed by atoms with Gasteiger partial charge in [0.2, 0.25) is 0 Å². The third-order valence-corrected chi connectivity index (χ3v) is 5.61. The van der Waals surface area contributed by atoms with E-state index in [0.29, 0.717) is 18.0 Å². The molecule has 3 aromatic rings. The fourth-order valence-electron chi connectivity index (χ4n) is 3.29. The number of benzene rings is 1. The Hall–Kier alpha value is -2.15. The zero-order valence-corrected chi connectivity index (χ0v) is 16.6. The van der Waals surface area contributed by atoms with E-state index in [1.165, 1.54) is 6.42 Å². The van der Waals surface area contributed by atoms with E-state index >= 15 is 0 Å². The average molecular weight is 403 g/mol. The maximum absolute atomic E-state index is 12.8. The number of thiophene rings is 1. The van der Waals surface area contributed by atoms with Gasteiger partial charge >= 0.3 is 0 Å². The van der Waals surface area contributed by atoms with Gasteiger partial charge in [-0.25, -0.2) is 4.68 Å². The van der Waals surface area contributed by atoms with Crippen LogP contribution in [0.3, 0.4) is 0 Å². The van der Waals surface area contributed by atoms with E-state index in [1.807, 2.05) is 54.0 Å². The molecular formula is C20H23ClN4OS. The number of hydrogen-bond donors (Lipinski definition) is 2. The van der Waals surface area contributed by atoms with Crippen molar-refractivity contribution >= 4 is 29.7 Å². The van der Waals surface area contributed by atoms with Crippen LogP contribution < -0.4 is 10.6 Å². The normalized spacial score (nSPS) is 16.1. The predicted molar refractivity (Wildman–Crippen MR) is 112 cm³/mol. The third-order valence-electron chi connectivity index (χ3n) is 4.73. The summed E-state index contributed by atoms with van der Waals surface area (Å²) < 4.78 is 1.78. The monoisotopic (exact) mass is 402 g/mol. The summed E-state index contributed by atoms with van der Waals surface area (Å²) in [5, 5.41) is 13.1. The summed E-state index contributed by atoms with van der Waals surface area (Å²) in [5.41, 5.74) is 2.31. The molecule has 7 heteroatoms. The van der Waals surface area contributed by atoms with Crippen molar-refractivity contribution in [2.75, 3.05) is 19.6 Å². The Morgan fingerprint density at radius 3 is 2.81 bits per heavy atom. The Morgan fingerprint density at radius 2 is 2.11 bits per heavy atom. The molecule has 1 aromatic carbocycles. The smallest absolute Gasteiger partial charge is 0.255 e. The van der Waals surface area contributed by atoms with E-state index in [-0.39, 0.29) is 18.3 Å². The maximum Gasteiger partial charge on any atom is 0.255 e. The molecular weight excluding hydrogens is 380 g/mol. The number of nitrogens with one attached hydrogen (secondary N) is 2. The molecule has 0 radical (unpaired) electrons. The van der Waals surface area contributed by atoms with Crippen LogP contribution in [0.2, 0.25) is 0 Å². The minimum absolute atomic E-state index is 0. The number of aromatic nitrogens is 2. The van der Waals surface area contributed by atoms with Crippen molar-refractivity contribution in [3.8, 4) is 16.3 Å². The molecule has 27 heavy (non-hydrogen) atoms. The van der Waals surface area contributed by atoms with E-state index in [4.69, 9.17) is 0 Å². The summed E-state index contributed by atoms with van der Waals surface area (Å²) in [7, 11) is 0. The number of hydrogen-bond acceptors (Lipinski definition) is 4. The van der Waals surface area contributed by atoms with Gasteiger partial charge in [0.25, 0.3) is 5.91 Å². The summed E-state index contributed by atoms with van der Waals surface area (Å²) >= 11 is 1.60. The van der Waals surface area contributed by atoms with E-state index in [1.54, 1.807) is 16.0 Å². The molecule has 1 fully saturated rings. The van der Waals surface area contributed by atoms with Crippen LogP contribution in [-0.4, -0.2) is 35.3 Å². The lowest BCUT2D eigenvalue weighted by Crippen LogP contribution is -2.26. The third kappa shape index (κ3) is 4.58. The van der Waals surface area contributed by atoms with Crippen LogP contribution in [-0.2, 0) is 0 Å². The second-order valence-corrected chi connectivity index (χ2v) is 7.50. The minimum Gasteiger partial charge on any atom is -0.352 e. The van der Waals surface area contributed by atoms with Crippen molar-refractivity contribution in [1.29, 1.82) is 0 Å². The lowest BCUT2D eigenvalue weighted by Gasteiger charge is -2.09. The standard InChI is InChI=1S/C20H22N4OS.ClH/c25-20(22-11-9-15-8-10-21-13-15)17-14-24(16-5-2-1-3-6-16)23-19(17)18-7-4-12-26-18;/h1-7,12,14-15,21H,8-11,13H2,(H,22,25);1H. The molecule has 142 valence electrons. The SMILES string of the molecule is Cl.O=C(NCCC1CCNC1)c1cn(-c2ccccc2)nc1-c1cccs1. The molecule has 2 aromatic heterocycles. The summed E-state index contributed by atoms with van der Waals surface area (Å²) in [6.07, 6.45) is 4.04. The lowest BCUT2D eigenvalue weighted by atomic mass is 10.1. The highest BCUT2D eigenvalue weighted by molar-refractivity contribution is 7.13. The molecule has 5 nitrogen and oxygen atoms in total. The maximum atomic E-state index is 12.8. The Bertz CT molecular complexity index is 858. The van der Waals surface area contributed by atoms with E-state index in [2.05, 4.69) is 15.7 Å². The number of carbonyl (C=O) groups excluding carboxylic acids is 1. The quantitative estimate of drug-likeness (QED) is 0.660. The Morgan fingerprint density at radius 1 is 1.26 bits per heavy atom. The Balaban J connectivity index is 0.00000210. The molecule has 1 atom stereocenters. The second-order valence-electron chi connectivity index (χ2n) is 6.55. The molecule has 1 saturated heterocycles. The van der Waals surface area contributed by atoms with Crippen LogP contribution in [0.5, 0.6) is 0 Å². The fourth-order valence-corrected chi connectivity index (χ4v) is 4.02. The average Bonchev–Trinajstić information content (AvgIpc) is 3.42. The molecule has 1 aliphatic heterocycles. The lowest BCUT2D eigenvalue weighted by molar-refractivity contribution is 0.0952. The van der Waals surface area contributed by atoms with Crippen LogP contribution in [0.1, 0.15) is 23.2 Å². The summed E-state index contributed by atoms with van der Waals surface area (Å²) in [5.74, 6) is 0.612. The van der Waals surface area contributed by atoms with E-state index in [0.717, 1.165) is 35.8 Å². The van der Waals surface area contributed by atoms with Crippen molar-refractivity contribution in [3.63, 3.8) is 0 Å². The van der Waals surface area contributed by atoms with Crippen molar-refractivity contribution in [2.45, 2.75) is 12.8 Å². The molecule has 0 bridgehead atoms. The highest BCUT2D eigenvalue weighted by atomic mass is 35.5. The molecule has 0 spiro atoms. The van der Waals surface area contributed by atoms with Crippen molar-refractivity contribution in [1.82, 2.24) is 20.4 Å². The molecule has 4 rings (SSSR count). The minimum atomic E-state index is -0.0541. The highest BCUT2D eigenvalue weighted by Crippen LogP contribution is 2.27. The largest absolute Gasteiger partial charge is 0.352 e. The van der Waals surface area contributed by atoms with Gasteiger partial charge in [-0.2, -0.15) is 5.10 Å². The zero-order valence-electron chi connectivity index (χ0n) is 14.9. The van der Waals surface area contributed by atoms with Crippen LogP contribution in [0.4, 0.5) is 0 Å². The first-order valence-electron chi connectivity index (χ1n) is 8.99. The molecule has 3 heterocycles. The molecule has 0 saturated carbocycles. The van der Waals surface area contributed by atoms with Gasteiger partial charge in [-0.05, 0) is 55.4 Å². The predicted octanol–water partition coefficient (Wildman–Crippen LogP) is 3.75. The number of nitrogens with zero attached hydrogens (tertiary/aromatic N) is 2. The first kappa shape index (κ1) is 19.6. The van der Waals surface area contributed by atoms with Crippen LogP contribution >= 0.6 is 23.7 Å². The van der Waals surface area contributed by atoms with Crippen molar-refractivity contribution in [3.05, 3.63) is 59.6 Å². The van der Waals surface area contributed by atoms with Crippen molar-refractivity contribution < 1.29 is 4.79 Å². The zero-order chi connectivity index (χ0) is 17.8. The molecule has 0 aliphatic carbocycles. The Labute approximate surface area is 169 Å². The van der Waals surface area contributed by atoms with Crippen molar-refractivity contribution in [2.24, 2.45) is 5.92 Å². The fraction of sp³-hybridized carbons (Fsp3) is 0.300. The van der Waals surface area contributed by atoms with Crippen LogP contribution in [0.25, 0.3) is 16.3 Å². The molecule has 1 unspecified atom stereocenters. The van der Waals surface area contributed by atoms with Gasteiger partial charge in [-0.1, -0.05) is 24.3 Å². The second kappa shape index (κ2) is 9.17. The number of para-hydroxylation sites is 1. The number of amides is 1. The van der Waals surface area contributed by atoms with Crippen LogP contribution in [0, 0.1) is 5.92 Å². The molecule has 1 aliphatic rings. The number of carbonyl (C=O) groups is 1. The number of halogens is 1. The highest BCUT2D eigenvalue weighted by Gasteiger charge is 2.20. The molecule has 1 amide bonds. The Kier molecular flexibility index (Phi) is 6.66. The summed E-state index contributed by atoms with van der Waals surface area (Å²) in [6.45, 7) is 2.85. The van der Waals surface area contributed by atoms with E-state index in [9.17, 15) is 4.79 Å². The van der Waals surface area contributed by atoms with Gasteiger partial charge in [0.15, 0.2) is 0 Å². The van der Waals surface area contributed by atoms with Crippen LogP contribution in [0.15, 0.2) is 54.0 Å². The van der Waals surface area contributed by atoms with Gasteiger partial charge in [-0.15, -0.1) is 23.7 Å². The van der Waals surface area contributed by atoms with Gasteiger partial charge in [0.1, 0.15) is 5.69 Å². The summed E-state index contributed by atoms with van der Waals surface area (Å²) in [4.78, 5) is 13.8. The summed E-state index contributed by atoms with van der Waals surface area (Å²) in [6, 6.07) is 13.9. The van der Waals surface area contributed by atoms with E-state index < -0.39 is 0 Å². The topological polar surface area (TPSA) is 59.0 Å². The van der Waals surface area contributed by atoms with Gasteiger partial charge in [0.05, 0.1) is 16.1 Å². The van der Waals surface area contributed by atoms with Gasteiger partial charge in [0, 0.05) is 12.7 Å². The molecule has 2 N–H and O–H groups in total. The first-order valence-corrected chi connectivity index (χ1v) is 9.87. The van der Waals surface area contributed by atoms with Gasteiger partial charge in [-0.3, -0.25) is 4.79 Å².